The van der Waals surface area contributed by atoms with Crippen LogP contribution in [0.25, 0.3) is 10.8 Å². The number of nitrogens with one attached hydrogen (secondary N) is 2. The zero-order chi connectivity index (χ0) is 19.9. The van der Waals surface area contributed by atoms with Crippen LogP contribution in [0.15, 0.2) is 65.8 Å². The predicted octanol–water partition coefficient (Wildman–Crippen LogP) is 2.95. The van der Waals surface area contributed by atoms with Gasteiger partial charge in [0.1, 0.15) is 0 Å². The average molecular weight is 377 g/mol. The van der Waals surface area contributed by atoms with Gasteiger partial charge in [-0.05, 0) is 35.2 Å². The van der Waals surface area contributed by atoms with E-state index in [2.05, 4.69) is 15.8 Å². The van der Waals surface area contributed by atoms with Gasteiger partial charge < -0.3 is 14.8 Å². The molecule has 0 saturated carbocycles. The fourth-order valence-corrected chi connectivity index (χ4v) is 2.66. The summed E-state index contributed by atoms with van der Waals surface area (Å²) in [6.45, 7) is 0. The molecule has 0 aromatic heterocycles. The van der Waals surface area contributed by atoms with Gasteiger partial charge in [-0.3, -0.25) is 9.59 Å². The van der Waals surface area contributed by atoms with E-state index in [-0.39, 0.29) is 0 Å². The van der Waals surface area contributed by atoms with Gasteiger partial charge >= 0.3 is 11.8 Å². The minimum Gasteiger partial charge on any atom is -0.493 e. The molecule has 142 valence electrons. The van der Waals surface area contributed by atoms with Crippen LogP contribution in [-0.4, -0.2) is 32.2 Å². The van der Waals surface area contributed by atoms with Crippen molar-refractivity contribution < 1.29 is 19.1 Å². The van der Waals surface area contributed by atoms with Gasteiger partial charge in [-0.2, -0.15) is 5.10 Å². The molecule has 0 heterocycles. The lowest BCUT2D eigenvalue weighted by molar-refractivity contribution is -0.136. The first-order chi connectivity index (χ1) is 13.6. The molecule has 0 radical (unpaired) electrons. The summed E-state index contributed by atoms with van der Waals surface area (Å²) in [6, 6.07) is 18.2. The van der Waals surface area contributed by atoms with Gasteiger partial charge in [-0.1, -0.05) is 36.4 Å². The normalized spacial score (nSPS) is 10.6. The second kappa shape index (κ2) is 8.68. The van der Waals surface area contributed by atoms with Crippen molar-refractivity contribution in [2.75, 3.05) is 19.5 Å². The first kappa shape index (κ1) is 18.9. The molecule has 2 amide bonds. The Morgan fingerprint density at radius 2 is 1.64 bits per heavy atom. The van der Waals surface area contributed by atoms with E-state index in [0.717, 1.165) is 10.8 Å². The largest absolute Gasteiger partial charge is 0.493 e. The van der Waals surface area contributed by atoms with E-state index in [1.54, 1.807) is 31.4 Å². The predicted molar refractivity (Wildman–Crippen MR) is 108 cm³/mol. The summed E-state index contributed by atoms with van der Waals surface area (Å²) >= 11 is 0. The zero-order valence-electron chi connectivity index (χ0n) is 15.4. The Hall–Kier alpha value is -3.87. The maximum Gasteiger partial charge on any atom is 0.329 e. The van der Waals surface area contributed by atoms with E-state index >= 15 is 0 Å². The molecule has 7 heteroatoms. The SMILES string of the molecule is COc1ccc(C=NNC(=O)C(=O)Nc2cccc3ccccc23)cc1OC. The molecule has 0 aliphatic carbocycles. The van der Waals surface area contributed by atoms with E-state index < -0.39 is 11.8 Å². The Balaban J connectivity index is 1.64. The molecule has 28 heavy (non-hydrogen) atoms. The molecule has 0 atom stereocenters. The number of nitrogens with zero attached hydrogens (tertiary/aromatic N) is 1. The molecule has 0 unspecified atom stereocenters. The molecule has 0 aliphatic heterocycles. The van der Waals surface area contributed by atoms with Crippen LogP contribution in [0, 0.1) is 0 Å². The number of benzene rings is 3. The molecular weight excluding hydrogens is 358 g/mol. The topological polar surface area (TPSA) is 89.0 Å². The number of methoxy groups -OCH3 is 2. The lowest BCUT2D eigenvalue weighted by Gasteiger charge is -2.08. The zero-order valence-corrected chi connectivity index (χ0v) is 15.4. The molecule has 7 nitrogen and oxygen atoms in total. The van der Waals surface area contributed by atoms with E-state index in [4.69, 9.17) is 9.47 Å². The Morgan fingerprint density at radius 1 is 0.893 bits per heavy atom. The van der Waals surface area contributed by atoms with Crippen molar-refractivity contribution in [3.8, 4) is 11.5 Å². The summed E-state index contributed by atoms with van der Waals surface area (Å²) in [5.74, 6) is -0.560. The third-order valence-electron chi connectivity index (χ3n) is 4.03. The van der Waals surface area contributed by atoms with Crippen LogP contribution in [0.3, 0.4) is 0 Å². The van der Waals surface area contributed by atoms with Gasteiger partial charge in [0, 0.05) is 11.1 Å². The van der Waals surface area contributed by atoms with Gasteiger partial charge in [-0.25, -0.2) is 5.43 Å². The van der Waals surface area contributed by atoms with Gasteiger partial charge in [-0.15, -0.1) is 0 Å². The monoisotopic (exact) mass is 377 g/mol. The fourth-order valence-electron chi connectivity index (χ4n) is 2.66. The van der Waals surface area contributed by atoms with Crippen molar-refractivity contribution in [2.24, 2.45) is 5.10 Å². The fraction of sp³-hybridized carbons (Fsp3) is 0.0952. The summed E-state index contributed by atoms with van der Waals surface area (Å²) in [7, 11) is 3.07. The van der Waals surface area contributed by atoms with Crippen LogP contribution in [0.2, 0.25) is 0 Å². The number of carbonyl (C=O) groups excluding carboxylic acids is 2. The van der Waals surface area contributed by atoms with Crippen molar-refractivity contribution in [3.05, 3.63) is 66.2 Å². The van der Waals surface area contributed by atoms with Crippen molar-refractivity contribution in [1.82, 2.24) is 5.43 Å². The van der Waals surface area contributed by atoms with Gasteiger partial charge in [0.15, 0.2) is 11.5 Å². The highest BCUT2D eigenvalue weighted by Gasteiger charge is 2.14. The number of carbonyl (C=O) groups is 2. The van der Waals surface area contributed by atoms with Gasteiger partial charge in [0.2, 0.25) is 0 Å². The number of rotatable bonds is 5. The van der Waals surface area contributed by atoms with E-state index in [0.29, 0.717) is 22.7 Å². The van der Waals surface area contributed by atoms with Crippen LogP contribution in [0.1, 0.15) is 5.56 Å². The first-order valence-corrected chi connectivity index (χ1v) is 8.46. The third-order valence-corrected chi connectivity index (χ3v) is 4.03. The minimum atomic E-state index is -0.871. The lowest BCUT2D eigenvalue weighted by atomic mass is 10.1. The number of hydrazone groups is 1. The van der Waals surface area contributed by atoms with Crippen molar-refractivity contribution in [1.29, 1.82) is 0 Å². The molecule has 3 aromatic carbocycles. The highest BCUT2D eigenvalue weighted by atomic mass is 16.5. The highest BCUT2D eigenvalue weighted by Crippen LogP contribution is 2.27. The van der Waals surface area contributed by atoms with Crippen LogP contribution in [0.4, 0.5) is 5.69 Å². The second-order valence-electron chi connectivity index (χ2n) is 5.79. The molecule has 0 bridgehead atoms. The van der Waals surface area contributed by atoms with Gasteiger partial charge in [0.05, 0.1) is 20.4 Å². The third kappa shape index (κ3) is 4.27. The summed E-state index contributed by atoms with van der Waals surface area (Å²) in [6.07, 6.45) is 1.41. The Kier molecular flexibility index (Phi) is 5.86. The maximum absolute atomic E-state index is 12.1. The molecular formula is C21H19N3O4. The molecule has 3 rings (SSSR count). The molecule has 0 fully saturated rings. The van der Waals surface area contributed by atoms with Crippen molar-refractivity contribution >= 4 is 34.5 Å². The van der Waals surface area contributed by atoms with Crippen LogP contribution in [-0.2, 0) is 9.59 Å². The number of ether oxygens (including phenoxy) is 2. The average Bonchev–Trinajstić information content (AvgIpc) is 2.73. The molecule has 0 spiro atoms. The van der Waals surface area contributed by atoms with Crippen molar-refractivity contribution in [3.63, 3.8) is 0 Å². The summed E-state index contributed by atoms with van der Waals surface area (Å²) < 4.78 is 10.4. The molecule has 2 N–H and O–H groups in total. The van der Waals surface area contributed by atoms with Gasteiger partial charge in [0.25, 0.3) is 0 Å². The van der Waals surface area contributed by atoms with E-state index in [9.17, 15) is 9.59 Å². The lowest BCUT2D eigenvalue weighted by Crippen LogP contribution is -2.32. The van der Waals surface area contributed by atoms with Crippen LogP contribution >= 0.6 is 0 Å². The summed E-state index contributed by atoms with van der Waals surface area (Å²) in [5.41, 5.74) is 3.44. The number of fused-ring (bicyclic) bond motifs is 1. The smallest absolute Gasteiger partial charge is 0.329 e. The standard InChI is InChI=1S/C21H19N3O4/c1-27-18-11-10-14(12-19(18)28-2)13-22-24-21(26)20(25)23-17-9-5-7-15-6-3-4-8-16(15)17/h3-13H,1-2H3,(H,23,25)(H,24,26). The molecule has 3 aromatic rings. The second-order valence-corrected chi connectivity index (χ2v) is 5.79. The molecule has 0 aliphatic rings. The quantitative estimate of drug-likeness (QED) is 0.406. The number of hydrogen-bond donors (Lipinski definition) is 2. The highest BCUT2D eigenvalue weighted by molar-refractivity contribution is 6.40. The van der Waals surface area contributed by atoms with Crippen LogP contribution in [0.5, 0.6) is 11.5 Å². The Bertz CT molecular complexity index is 1040. The van der Waals surface area contributed by atoms with Crippen molar-refractivity contribution in [2.45, 2.75) is 0 Å². The number of anilines is 1. The summed E-state index contributed by atoms with van der Waals surface area (Å²) in [5, 5.41) is 8.23. The Morgan fingerprint density at radius 3 is 2.43 bits per heavy atom. The number of amides is 2. The summed E-state index contributed by atoms with van der Waals surface area (Å²) in [4.78, 5) is 24.2. The Labute approximate surface area is 162 Å². The minimum absolute atomic E-state index is 0.534. The van der Waals surface area contributed by atoms with E-state index in [1.807, 2.05) is 36.4 Å². The maximum atomic E-state index is 12.1. The first-order valence-electron chi connectivity index (χ1n) is 8.46. The van der Waals surface area contributed by atoms with Crippen LogP contribution < -0.4 is 20.2 Å². The number of hydrogen-bond acceptors (Lipinski definition) is 5. The molecule has 0 saturated heterocycles. The van der Waals surface area contributed by atoms with E-state index in [1.165, 1.54) is 13.3 Å².